The van der Waals surface area contributed by atoms with Crippen molar-refractivity contribution in [3.05, 3.63) is 36.5 Å². The van der Waals surface area contributed by atoms with Gasteiger partial charge in [-0.25, -0.2) is 4.57 Å². The van der Waals surface area contributed by atoms with Crippen molar-refractivity contribution in [2.75, 3.05) is 40.9 Å². The molecule has 9 heteroatoms. The van der Waals surface area contributed by atoms with Crippen LogP contribution in [-0.2, 0) is 18.4 Å². The van der Waals surface area contributed by atoms with Gasteiger partial charge in [-0.15, -0.1) is 0 Å². The van der Waals surface area contributed by atoms with E-state index in [1.807, 2.05) is 27.2 Å². The zero-order chi connectivity index (χ0) is 45.7. The third kappa shape index (κ3) is 46.7. The summed E-state index contributed by atoms with van der Waals surface area (Å²) >= 11 is 0. The summed E-state index contributed by atoms with van der Waals surface area (Å²) in [5.41, 5.74) is 0. The number of aliphatic hydroxyl groups is 1. The molecule has 8 nitrogen and oxygen atoms in total. The second-order valence-corrected chi connectivity index (χ2v) is 20.7. The minimum absolute atomic E-state index is 0.0600. The van der Waals surface area contributed by atoms with Crippen molar-refractivity contribution in [3.63, 3.8) is 0 Å². The Balaban J connectivity index is 4.30. The minimum Gasteiger partial charge on any atom is -0.387 e. The second kappa shape index (κ2) is 44.9. The smallest absolute Gasteiger partial charge is 0.387 e. The minimum atomic E-state index is -4.34. The van der Waals surface area contributed by atoms with Crippen molar-refractivity contribution >= 4 is 13.7 Å². The maximum absolute atomic E-state index is 12.9. The molecular weight excluding hydrogens is 792 g/mol. The molecule has 0 aliphatic heterocycles. The number of likely N-dealkylation sites (N-methyl/N-ethyl adjacent to an activating group) is 1. The molecule has 62 heavy (non-hydrogen) atoms. The largest absolute Gasteiger partial charge is 0.472 e. The molecule has 3 atom stereocenters. The lowest BCUT2D eigenvalue weighted by Crippen LogP contribution is -2.45. The zero-order valence-electron chi connectivity index (χ0n) is 41.6. The lowest BCUT2D eigenvalue weighted by Gasteiger charge is -2.25. The van der Waals surface area contributed by atoms with Crippen LogP contribution in [0.15, 0.2) is 36.5 Å². The quantitative estimate of drug-likeness (QED) is 0.0243. The number of hydrogen-bond acceptors (Lipinski definition) is 5. The van der Waals surface area contributed by atoms with Gasteiger partial charge >= 0.3 is 7.82 Å². The van der Waals surface area contributed by atoms with E-state index >= 15 is 0 Å². The molecule has 0 aromatic rings. The van der Waals surface area contributed by atoms with Gasteiger partial charge in [0.05, 0.1) is 39.9 Å². The maximum atomic E-state index is 12.9. The fraction of sp³-hybridized carbons (Fsp3) is 0.868. The SMILES string of the molecule is CCCCCC/C=C\C/C=C\CCCCCCCCCC(=O)NC(COP(=O)(O)OCC[N+](C)(C)C)C(O)/C=C/CCCCCCCCCCCCCCCCCCCCCC. The monoisotopic (exact) mass is 896 g/mol. The number of quaternary nitrogens is 1. The Hall–Kier alpha value is -1.28. The zero-order valence-corrected chi connectivity index (χ0v) is 42.5. The summed E-state index contributed by atoms with van der Waals surface area (Å²) in [5, 5.41) is 13.9. The molecule has 0 rings (SSSR count). The Morgan fingerprint density at radius 2 is 0.919 bits per heavy atom. The highest BCUT2D eigenvalue weighted by Crippen LogP contribution is 2.43. The van der Waals surface area contributed by atoms with Gasteiger partial charge in [0.1, 0.15) is 13.2 Å². The van der Waals surface area contributed by atoms with Crippen molar-refractivity contribution < 1.29 is 32.9 Å². The number of unbranched alkanes of at least 4 members (excludes halogenated alkanes) is 31. The summed E-state index contributed by atoms with van der Waals surface area (Å²) in [6.45, 7) is 4.81. The number of nitrogens with one attached hydrogen (secondary N) is 1. The van der Waals surface area contributed by atoms with Gasteiger partial charge in [-0.1, -0.05) is 224 Å². The molecule has 0 radical (unpaired) electrons. The molecule has 0 aliphatic carbocycles. The Labute approximate surface area is 385 Å². The van der Waals surface area contributed by atoms with Gasteiger partial charge in [-0.05, 0) is 51.4 Å². The number of nitrogens with zero attached hydrogens (tertiary/aromatic N) is 1. The van der Waals surface area contributed by atoms with E-state index in [9.17, 15) is 19.4 Å². The number of hydrogen-bond donors (Lipinski definition) is 3. The van der Waals surface area contributed by atoms with Gasteiger partial charge in [0.2, 0.25) is 5.91 Å². The van der Waals surface area contributed by atoms with E-state index in [4.69, 9.17) is 9.05 Å². The third-order valence-corrected chi connectivity index (χ3v) is 12.8. The van der Waals surface area contributed by atoms with E-state index in [1.165, 1.54) is 173 Å². The van der Waals surface area contributed by atoms with Gasteiger partial charge < -0.3 is 19.8 Å². The molecule has 3 N–H and O–H groups in total. The molecule has 0 saturated carbocycles. The average Bonchev–Trinajstić information content (AvgIpc) is 3.23. The number of amides is 1. The molecule has 0 aromatic heterocycles. The lowest BCUT2D eigenvalue weighted by molar-refractivity contribution is -0.870. The van der Waals surface area contributed by atoms with Gasteiger partial charge in [0.25, 0.3) is 0 Å². The summed E-state index contributed by atoms with van der Waals surface area (Å²) in [7, 11) is 1.57. The van der Waals surface area contributed by atoms with Gasteiger partial charge in [0.15, 0.2) is 0 Å². The number of phosphoric acid groups is 1. The number of carbonyl (C=O) groups excluding carboxylic acids is 1. The van der Waals surface area contributed by atoms with E-state index in [0.717, 1.165) is 51.4 Å². The highest BCUT2D eigenvalue weighted by atomic mass is 31.2. The Morgan fingerprint density at radius 1 is 0.548 bits per heavy atom. The predicted octanol–water partition coefficient (Wildman–Crippen LogP) is 15.4. The van der Waals surface area contributed by atoms with Crippen LogP contribution in [0.1, 0.15) is 245 Å². The van der Waals surface area contributed by atoms with Crippen LogP contribution in [0.4, 0.5) is 0 Å². The summed E-state index contributed by atoms with van der Waals surface area (Å²) in [6.07, 6.45) is 56.5. The molecule has 366 valence electrons. The fourth-order valence-electron chi connectivity index (χ4n) is 7.66. The normalized spacial score (nSPS) is 14.4. The maximum Gasteiger partial charge on any atom is 0.472 e. The first-order chi connectivity index (χ1) is 30.0. The second-order valence-electron chi connectivity index (χ2n) is 19.3. The molecular formula is C53H104N2O6P+. The van der Waals surface area contributed by atoms with Crippen molar-refractivity contribution in [3.8, 4) is 0 Å². The van der Waals surface area contributed by atoms with Gasteiger partial charge in [-0.2, -0.15) is 0 Å². The highest BCUT2D eigenvalue weighted by Gasteiger charge is 2.27. The first kappa shape index (κ1) is 60.7. The molecule has 0 bridgehead atoms. The topological polar surface area (TPSA) is 105 Å². The standard InChI is InChI=1S/C53H103N2O6P/c1-6-8-10-12-14-16-18-20-22-24-26-27-28-29-30-32-34-36-38-40-42-44-46-52(56)51(50-61-62(58,59)60-49-48-55(3,4)5)54-53(57)47-45-43-41-39-37-35-33-31-25-23-21-19-17-15-13-11-9-7-2/h17,19,23,25,44,46,51-52,56H,6-16,18,20-22,24,26-43,45,47-50H2,1-5H3,(H-,54,57,58,59)/p+1/b19-17-,25-23-,46-44+. The number of phosphoric ester groups is 1. The summed E-state index contributed by atoms with van der Waals surface area (Å²) in [6, 6.07) is -0.850. The molecule has 3 unspecified atom stereocenters. The molecule has 0 heterocycles. The van der Waals surface area contributed by atoms with Crippen LogP contribution in [0, 0.1) is 0 Å². The Bertz CT molecular complexity index is 1110. The molecule has 0 saturated heterocycles. The molecule has 0 fully saturated rings. The lowest BCUT2D eigenvalue weighted by atomic mass is 10.0. The van der Waals surface area contributed by atoms with Crippen LogP contribution in [0.25, 0.3) is 0 Å². The third-order valence-electron chi connectivity index (χ3n) is 11.9. The summed E-state index contributed by atoms with van der Waals surface area (Å²) < 4.78 is 23.7. The van der Waals surface area contributed by atoms with E-state index in [2.05, 4.69) is 43.5 Å². The van der Waals surface area contributed by atoms with Gasteiger partial charge in [0, 0.05) is 6.42 Å². The van der Waals surface area contributed by atoms with Crippen molar-refractivity contribution in [2.24, 2.45) is 0 Å². The van der Waals surface area contributed by atoms with E-state index in [-0.39, 0.29) is 19.1 Å². The number of aliphatic hydroxyl groups excluding tert-OH is 1. The van der Waals surface area contributed by atoms with Crippen LogP contribution in [0.3, 0.4) is 0 Å². The Kier molecular flexibility index (Phi) is 44.0. The fourth-order valence-corrected chi connectivity index (χ4v) is 8.40. The summed E-state index contributed by atoms with van der Waals surface area (Å²) in [4.78, 5) is 23.2. The van der Waals surface area contributed by atoms with E-state index in [1.54, 1.807) is 6.08 Å². The first-order valence-electron chi connectivity index (χ1n) is 26.4. The van der Waals surface area contributed by atoms with E-state index < -0.39 is 20.0 Å². The van der Waals surface area contributed by atoms with Gasteiger partial charge in [-0.3, -0.25) is 13.8 Å². The van der Waals surface area contributed by atoms with Crippen molar-refractivity contribution in [1.82, 2.24) is 5.32 Å². The Morgan fingerprint density at radius 3 is 1.34 bits per heavy atom. The average molecular weight is 896 g/mol. The van der Waals surface area contributed by atoms with Crippen LogP contribution >= 0.6 is 7.82 Å². The van der Waals surface area contributed by atoms with Crippen LogP contribution in [0.2, 0.25) is 0 Å². The summed E-state index contributed by atoms with van der Waals surface area (Å²) in [5.74, 6) is -0.183. The molecule has 0 aliphatic rings. The molecule has 1 amide bonds. The number of carbonyl (C=O) groups is 1. The highest BCUT2D eigenvalue weighted by molar-refractivity contribution is 7.47. The molecule has 0 spiro atoms. The predicted molar refractivity (Wildman–Crippen MR) is 268 cm³/mol. The number of rotatable bonds is 48. The van der Waals surface area contributed by atoms with Crippen LogP contribution in [-0.4, -0.2) is 73.4 Å². The van der Waals surface area contributed by atoms with Crippen LogP contribution in [0.5, 0.6) is 0 Å². The molecule has 0 aromatic carbocycles. The van der Waals surface area contributed by atoms with E-state index in [0.29, 0.717) is 17.4 Å². The number of allylic oxidation sites excluding steroid dienone is 5. The van der Waals surface area contributed by atoms with Crippen molar-refractivity contribution in [1.29, 1.82) is 0 Å². The first-order valence-corrected chi connectivity index (χ1v) is 27.9. The van der Waals surface area contributed by atoms with Crippen molar-refractivity contribution in [2.45, 2.75) is 257 Å². The van der Waals surface area contributed by atoms with Crippen LogP contribution < -0.4 is 5.32 Å².